The van der Waals surface area contributed by atoms with Crippen LogP contribution >= 0.6 is 0 Å². The maximum atomic E-state index is 11.8. The van der Waals surface area contributed by atoms with E-state index >= 15 is 0 Å². The number of nitrogens with zero attached hydrogens (tertiary/aromatic N) is 3. The SMILES string of the molecule is CCn1ncnc1CC(O)CCOCC(F)F. The van der Waals surface area contributed by atoms with Crippen molar-refractivity contribution in [2.45, 2.75) is 38.8 Å². The van der Waals surface area contributed by atoms with Crippen LogP contribution in [-0.2, 0) is 17.7 Å². The van der Waals surface area contributed by atoms with Crippen LogP contribution in [0.15, 0.2) is 6.33 Å². The van der Waals surface area contributed by atoms with Gasteiger partial charge in [0.05, 0.1) is 6.10 Å². The second-order valence-corrected chi connectivity index (χ2v) is 3.60. The van der Waals surface area contributed by atoms with E-state index < -0.39 is 19.1 Å². The third-order valence-electron chi connectivity index (χ3n) is 2.25. The smallest absolute Gasteiger partial charge is 0.261 e. The van der Waals surface area contributed by atoms with Gasteiger partial charge in [0.1, 0.15) is 18.8 Å². The van der Waals surface area contributed by atoms with Crippen LogP contribution in [-0.4, -0.2) is 45.6 Å². The normalized spacial score (nSPS) is 13.2. The Morgan fingerprint density at radius 3 is 2.94 bits per heavy atom. The highest BCUT2D eigenvalue weighted by molar-refractivity contribution is 4.87. The summed E-state index contributed by atoms with van der Waals surface area (Å²) in [5, 5.41) is 13.6. The number of aryl methyl sites for hydroxylation is 1. The Kier molecular flexibility index (Phi) is 5.99. The van der Waals surface area contributed by atoms with Crippen molar-refractivity contribution >= 4 is 0 Å². The van der Waals surface area contributed by atoms with Crippen LogP contribution in [0.25, 0.3) is 0 Å². The van der Waals surface area contributed by atoms with Crippen molar-refractivity contribution in [2.24, 2.45) is 0 Å². The van der Waals surface area contributed by atoms with Crippen molar-refractivity contribution < 1.29 is 18.6 Å². The lowest BCUT2D eigenvalue weighted by Gasteiger charge is -2.10. The first-order valence-corrected chi connectivity index (χ1v) is 5.54. The summed E-state index contributed by atoms with van der Waals surface area (Å²) in [6.45, 7) is 2.14. The molecule has 1 aromatic heterocycles. The molecule has 98 valence electrons. The van der Waals surface area contributed by atoms with Crippen LogP contribution in [0.4, 0.5) is 8.78 Å². The van der Waals surface area contributed by atoms with Gasteiger partial charge in [-0.3, -0.25) is 4.68 Å². The number of aromatic nitrogens is 3. The molecule has 0 radical (unpaired) electrons. The van der Waals surface area contributed by atoms with Crippen LogP contribution in [0.2, 0.25) is 0 Å². The summed E-state index contributed by atoms with van der Waals surface area (Å²) in [7, 11) is 0. The van der Waals surface area contributed by atoms with Crippen LogP contribution in [0.1, 0.15) is 19.2 Å². The molecule has 1 heterocycles. The molecule has 1 unspecified atom stereocenters. The highest BCUT2D eigenvalue weighted by Crippen LogP contribution is 2.04. The van der Waals surface area contributed by atoms with Gasteiger partial charge in [-0.05, 0) is 13.3 Å². The lowest BCUT2D eigenvalue weighted by atomic mass is 10.2. The maximum Gasteiger partial charge on any atom is 0.261 e. The molecule has 7 heteroatoms. The van der Waals surface area contributed by atoms with E-state index in [0.717, 1.165) is 0 Å². The Morgan fingerprint density at radius 1 is 1.53 bits per heavy atom. The predicted molar refractivity (Wildman–Crippen MR) is 56.8 cm³/mol. The first kappa shape index (κ1) is 14.0. The minimum Gasteiger partial charge on any atom is -0.393 e. The summed E-state index contributed by atoms with van der Waals surface area (Å²) in [6.07, 6.45) is -1.02. The molecule has 0 saturated carbocycles. The molecule has 5 nitrogen and oxygen atoms in total. The first-order chi connectivity index (χ1) is 8.13. The van der Waals surface area contributed by atoms with Crippen LogP contribution in [0.3, 0.4) is 0 Å². The van der Waals surface area contributed by atoms with Crippen molar-refractivity contribution in [3.05, 3.63) is 12.2 Å². The number of halogens is 2. The van der Waals surface area contributed by atoms with Gasteiger partial charge in [-0.25, -0.2) is 13.8 Å². The molecule has 0 spiro atoms. The second kappa shape index (κ2) is 7.29. The molecule has 0 aromatic carbocycles. The first-order valence-electron chi connectivity index (χ1n) is 5.54. The van der Waals surface area contributed by atoms with Crippen molar-refractivity contribution in [1.82, 2.24) is 14.8 Å². The van der Waals surface area contributed by atoms with Gasteiger partial charge in [-0.1, -0.05) is 0 Å². The van der Waals surface area contributed by atoms with Crippen LogP contribution in [0.5, 0.6) is 0 Å². The molecule has 1 rings (SSSR count). The largest absolute Gasteiger partial charge is 0.393 e. The van der Waals surface area contributed by atoms with Crippen LogP contribution < -0.4 is 0 Å². The van der Waals surface area contributed by atoms with E-state index in [4.69, 9.17) is 0 Å². The minimum absolute atomic E-state index is 0.117. The summed E-state index contributed by atoms with van der Waals surface area (Å²) in [5.74, 6) is 0.689. The number of aliphatic hydroxyl groups excluding tert-OH is 1. The molecular weight excluding hydrogens is 232 g/mol. The highest BCUT2D eigenvalue weighted by Gasteiger charge is 2.11. The van der Waals surface area contributed by atoms with Crippen molar-refractivity contribution in [3.63, 3.8) is 0 Å². The van der Waals surface area contributed by atoms with E-state index in [9.17, 15) is 13.9 Å². The van der Waals surface area contributed by atoms with Gasteiger partial charge in [0.25, 0.3) is 6.43 Å². The van der Waals surface area contributed by atoms with Gasteiger partial charge < -0.3 is 9.84 Å². The number of hydrogen-bond donors (Lipinski definition) is 1. The quantitative estimate of drug-likeness (QED) is 0.695. The summed E-state index contributed by atoms with van der Waals surface area (Å²) in [6, 6.07) is 0. The van der Waals surface area contributed by atoms with E-state index in [-0.39, 0.29) is 6.61 Å². The Morgan fingerprint density at radius 2 is 2.29 bits per heavy atom. The Hall–Kier alpha value is -1.08. The molecule has 0 aliphatic carbocycles. The predicted octanol–water partition coefficient (Wildman–Crippen LogP) is 0.873. The zero-order chi connectivity index (χ0) is 12.7. The Balaban J connectivity index is 2.23. The monoisotopic (exact) mass is 249 g/mol. The van der Waals surface area contributed by atoms with Gasteiger partial charge in [-0.2, -0.15) is 5.10 Å². The average molecular weight is 249 g/mol. The van der Waals surface area contributed by atoms with Gasteiger partial charge in [-0.15, -0.1) is 0 Å². The number of alkyl halides is 2. The second-order valence-electron chi connectivity index (χ2n) is 3.60. The lowest BCUT2D eigenvalue weighted by molar-refractivity contribution is 0.00486. The molecule has 0 aliphatic heterocycles. The summed E-state index contributed by atoms with van der Waals surface area (Å²) >= 11 is 0. The third kappa shape index (κ3) is 5.18. The third-order valence-corrected chi connectivity index (χ3v) is 2.25. The van der Waals surface area contributed by atoms with E-state index in [2.05, 4.69) is 14.8 Å². The van der Waals surface area contributed by atoms with E-state index in [1.54, 1.807) is 4.68 Å². The van der Waals surface area contributed by atoms with E-state index in [1.807, 2.05) is 6.92 Å². The molecule has 1 aromatic rings. The molecule has 0 saturated heterocycles. The van der Waals surface area contributed by atoms with Crippen molar-refractivity contribution in [3.8, 4) is 0 Å². The molecule has 0 fully saturated rings. The zero-order valence-electron chi connectivity index (χ0n) is 9.72. The standard InChI is InChI=1S/C10H17F2N3O2/c1-2-15-10(13-7-14-15)5-8(16)3-4-17-6-9(11)12/h7-9,16H,2-6H2,1H3. The van der Waals surface area contributed by atoms with Crippen molar-refractivity contribution in [2.75, 3.05) is 13.2 Å². The molecule has 0 aliphatic rings. The van der Waals surface area contributed by atoms with Gasteiger partial charge >= 0.3 is 0 Å². The van der Waals surface area contributed by atoms with E-state index in [1.165, 1.54) is 6.33 Å². The number of rotatable bonds is 8. The summed E-state index contributed by atoms with van der Waals surface area (Å²) in [5.41, 5.74) is 0. The highest BCUT2D eigenvalue weighted by atomic mass is 19.3. The minimum atomic E-state index is -2.46. The fourth-order valence-corrected chi connectivity index (χ4v) is 1.41. The Labute approximate surface area is 98.4 Å². The number of ether oxygens (including phenoxy) is 1. The van der Waals surface area contributed by atoms with Crippen molar-refractivity contribution in [1.29, 1.82) is 0 Å². The van der Waals surface area contributed by atoms with Gasteiger partial charge in [0, 0.05) is 19.6 Å². The lowest BCUT2D eigenvalue weighted by Crippen LogP contribution is -2.18. The molecule has 17 heavy (non-hydrogen) atoms. The molecule has 1 N–H and O–H groups in total. The molecule has 0 bridgehead atoms. The average Bonchev–Trinajstić information content (AvgIpc) is 2.71. The molecule has 0 amide bonds. The summed E-state index contributed by atoms with van der Waals surface area (Å²) < 4.78 is 29.9. The fourth-order valence-electron chi connectivity index (χ4n) is 1.41. The number of aliphatic hydroxyl groups is 1. The zero-order valence-corrected chi connectivity index (χ0v) is 9.72. The number of hydrogen-bond acceptors (Lipinski definition) is 4. The molecular formula is C10H17F2N3O2. The van der Waals surface area contributed by atoms with Gasteiger partial charge in [0.15, 0.2) is 0 Å². The topological polar surface area (TPSA) is 60.2 Å². The molecule has 1 atom stereocenters. The van der Waals surface area contributed by atoms with Gasteiger partial charge in [0.2, 0.25) is 0 Å². The van der Waals surface area contributed by atoms with Crippen LogP contribution in [0, 0.1) is 0 Å². The summed E-state index contributed by atoms with van der Waals surface area (Å²) in [4.78, 5) is 4.01. The van der Waals surface area contributed by atoms with E-state index in [0.29, 0.717) is 25.2 Å². The maximum absolute atomic E-state index is 11.8. The fraction of sp³-hybridized carbons (Fsp3) is 0.800. The Bertz CT molecular complexity index is 320.